The molecule has 2 aromatic rings. The largest absolute Gasteiger partial charge is 0.392 e. The number of likely N-dealkylation sites (N-methyl/N-ethyl adjacent to an activating group) is 2. The van der Waals surface area contributed by atoms with Crippen LogP contribution < -0.4 is 10.6 Å². The van der Waals surface area contributed by atoms with E-state index in [0.717, 1.165) is 43.2 Å². The fourth-order valence-corrected chi connectivity index (χ4v) is 25.3. The number of nitrogens with zero attached hydrogens (tertiary/aromatic N) is 4. The number of piperazine rings is 2. The van der Waals surface area contributed by atoms with Gasteiger partial charge in [-0.2, -0.15) is 0 Å². The van der Waals surface area contributed by atoms with Gasteiger partial charge in [0.2, 0.25) is 19.5 Å². The van der Waals surface area contributed by atoms with Crippen molar-refractivity contribution in [3.05, 3.63) is 59.7 Å². The minimum Gasteiger partial charge on any atom is -0.392 e. The van der Waals surface area contributed by atoms with Crippen molar-refractivity contribution in [2.45, 2.75) is 54.9 Å². The Hall–Kier alpha value is -1.44. The Balaban J connectivity index is 1.35. The lowest BCUT2D eigenvalue weighted by Gasteiger charge is -2.54. The Labute approximate surface area is 326 Å². The number of aliphatic hydroxyl groups excluding tert-OH is 4. The van der Waals surface area contributed by atoms with Crippen LogP contribution in [0.3, 0.4) is 0 Å². The van der Waals surface area contributed by atoms with Gasteiger partial charge in [0.25, 0.3) is 23.6 Å². The molecule has 2 aromatic carbocycles. The average molecular weight is 857 g/mol. The SMILES string of the molecule is CN1C(=O)C23SSSSC1(CO)C(=O)N2C1Nc2ccccc2C1(C12c4ccccc4NC1N1C(=O)C4(CO)SSSSC1(C(=O)N4C)C2O)C3O. The molecule has 10 atom stereocenters. The maximum absolute atomic E-state index is 15.2. The number of amides is 4. The van der Waals surface area contributed by atoms with Gasteiger partial charge in [0.1, 0.15) is 24.5 Å². The third kappa shape index (κ3) is 3.33. The topological polar surface area (TPSA) is 186 Å². The zero-order chi connectivity index (χ0) is 36.4. The number of carbonyl (C=O) groups excluding carboxylic acids is 4. The third-order valence-electron chi connectivity index (χ3n) is 12.3. The molecule has 10 heterocycles. The van der Waals surface area contributed by atoms with Crippen LogP contribution in [0, 0.1) is 0 Å². The van der Waals surface area contributed by atoms with Crippen LogP contribution in [0.2, 0.25) is 0 Å². The van der Waals surface area contributed by atoms with Crippen LogP contribution in [-0.2, 0) is 30.0 Å². The van der Waals surface area contributed by atoms with Crippen LogP contribution in [0.5, 0.6) is 0 Å². The highest BCUT2D eigenvalue weighted by molar-refractivity contribution is 9.27. The molecule has 0 aromatic heterocycles. The summed E-state index contributed by atoms with van der Waals surface area (Å²) >= 11 is 0. The van der Waals surface area contributed by atoms with E-state index in [-0.39, 0.29) is 0 Å². The first-order valence-corrected chi connectivity index (χ1v) is 25.5. The van der Waals surface area contributed by atoms with Crippen molar-refractivity contribution in [3.8, 4) is 0 Å². The fraction of sp³-hybridized carbons (Fsp3) is 0.467. The molecule has 8 fully saturated rings. The predicted octanol–water partition coefficient (Wildman–Crippen LogP) is 1.87. The number of anilines is 2. The van der Waals surface area contributed by atoms with Crippen LogP contribution in [0.15, 0.2) is 48.5 Å². The molecule has 10 aliphatic rings. The molecular weight excluding hydrogens is 829 g/mol. The van der Waals surface area contributed by atoms with Crippen molar-refractivity contribution < 1.29 is 39.6 Å². The Morgan fingerprint density at radius 3 is 1.35 bits per heavy atom. The van der Waals surface area contributed by atoms with E-state index in [2.05, 4.69) is 10.6 Å². The number of aliphatic hydroxyl groups is 4. The van der Waals surface area contributed by atoms with E-state index in [1.165, 1.54) is 73.0 Å². The molecule has 22 heteroatoms. The summed E-state index contributed by atoms with van der Waals surface area (Å²) in [6, 6.07) is 14.3. The molecule has 4 amide bonds. The monoisotopic (exact) mass is 856 g/mol. The number of carbonyl (C=O) groups is 4. The third-order valence-corrected chi connectivity index (χ3v) is 26.8. The van der Waals surface area contributed by atoms with Gasteiger partial charge in [-0.05, 0) is 106 Å². The molecule has 0 saturated carbocycles. The van der Waals surface area contributed by atoms with Gasteiger partial charge in [-0.3, -0.25) is 29.0 Å². The lowest BCUT2D eigenvalue weighted by atomic mass is 9.52. The van der Waals surface area contributed by atoms with Gasteiger partial charge in [-0.1, -0.05) is 36.4 Å². The van der Waals surface area contributed by atoms with E-state index in [1.54, 1.807) is 48.5 Å². The maximum Gasteiger partial charge on any atom is 0.265 e. The number of benzene rings is 2. The minimum atomic E-state index is -1.98. The second kappa shape index (κ2) is 11.1. The second-order valence-corrected chi connectivity index (χ2v) is 26.0. The molecule has 52 heavy (non-hydrogen) atoms. The Kier molecular flexibility index (Phi) is 7.48. The van der Waals surface area contributed by atoms with E-state index in [0.29, 0.717) is 22.5 Å². The van der Waals surface area contributed by atoms with E-state index >= 15 is 19.2 Å². The van der Waals surface area contributed by atoms with Crippen molar-refractivity contribution in [2.75, 3.05) is 37.9 Å². The second-order valence-electron chi connectivity index (χ2n) is 13.7. The van der Waals surface area contributed by atoms with Crippen LogP contribution in [-0.4, -0.2) is 135 Å². The summed E-state index contributed by atoms with van der Waals surface area (Å²) in [6.45, 7) is -1.41. The number of hydrogen-bond donors (Lipinski definition) is 6. The van der Waals surface area contributed by atoms with Gasteiger partial charge in [-0.25, -0.2) is 0 Å². The van der Waals surface area contributed by atoms with E-state index in [9.17, 15) is 20.4 Å². The van der Waals surface area contributed by atoms with Gasteiger partial charge < -0.3 is 40.9 Å². The van der Waals surface area contributed by atoms with Crippen molar-refractivity contribution >= 4 is 117 Å². The summed E-state index contributed by atoms with van der Waals surface area (Å²) in [5.74, 6) is -2.44. The maximum atomic E-state index is 15.2. The van der Waals surface area contributed by atoms with Gasteiger partial charge in [0, 0.05) is 25.5 Å². The molecule has 0 aliphatic carbocycles. The molecule has 12 rings (SSSR count). The Bertz CT molecular complexity index is 1890. The molecule has 10 unspecified atom stereocenters. The number of nitrogens with one attached hydrogen (secondary N) is 2. The summed E-state index contributed by atoms with van der Waals surface area (Å²) in [5, 5.41) is 55.9. The summed E-state index contributed by atoms with van der Waals surface area (Å²) in [5.41, 5.74) is -1.62. The fourth-order valence-electron chi connectivity index (χ4n) is 10.0. The van der Waals surface area contributed by atoms with E-state index in [4.69, 9.17) is 0 Å². The number of para-hydroxylation sites is 2. The number of hydrogen-bond acceptors (Lipinski definition) is 18. The van der Waals surface area contributed by atoms with Crippen molar-refractivity contribution in [3.63, 3.8) is 0 Å². The van der Waals surface area contributed by atoms with Crippen LogP contribution in [0.25, 0.3) is 0 Å². The number of rotatable bonds is 3. The van der Waals surface area contributed by atoms with Crippen molar-refractivity contribution in [1.29, 1.82) is 0 Å². The Morgan fingerprint density at radius 2 is 0.962 bits per heavy atom. The molecule has 8 saturated heterocycles. The molecule has 2 spiro atoms. The lowest BCUT2D eigenvalue weighted by molar-refractivity contribution is -0.168. The highest BCUT2D eigenvalue weighted by Crippen LogP contribution is 2.78. The smallest absolute Gasteiger partial charge is 0.265 e. The highest BCUT2D eigenvalue weighted by atomic mass is 33.7. The van der Waals surface area contributed by atoms with E-state index in [1.807, 2.05) is 0 Å². The lowest BCUT2D eigenvalue weighted by Crippen LogP contribution is -2.76. The molecule has 10 aliphatic heterocycles. The number of fused-ring (bicyclic) bond motifs is 15. The first-order chi connectivity index (χ1) is 25.0. The molecule has 4 bridgehead atoms. The highest BCUT2D eigenvalue weighted by Gasteiger charge is 2.92. The standard InChI is InChI=1S/C30H28N6O8S8/c1-33-23(43)29-17(39)27(13-7-3-5-9-15(13)31-19(27)35(29)21(41)25(33,11-37)45-49-51-47-29)28-14-8-4-6-10-16(14)32-20(28)36-22(42)26(12-38)34(2)24(44)30(36,18(28)40)48-52-50-46-26/h3-10,17-20,31-32,37-40H,11-12H2,1-2H3. The average Bonchev–Trinajstić information content (AvgIpc) is 3.79. The van der Waals surface area contributed by atoms with Crippen LogP contribution in [0.1, 0.15) is 11.1 Å². The summed E-state index contributed by atoms with van der Waals surface area (Å²) in [6.07, 6.45) is -5.99. The molecule has 6 N–H and O–H groups in total. The summed E-state index contributed by atoms with van der Waals surface area (Å²) in [4.78, 5) is 58.1. The van der Waals surface area contributed by atoms with Gasteiger partial charge >= 0.3 is 0 Å². The summed E-state index contributed by atoms with van der Waals surface area (Å²) in [7, 11) is 11.9. The van der Waals surface area contributed by atoms with Crippen molar-refractivity contribution in [1.82, 2.24) is 19.6 Å². The van der Waals surface area contributed by atoms with Crippen LogP contribution >= 0.6 is 82.5 Å². The van der Waals surface area contributed by atoms with Gasteiger partial charge in [0.05, 0.1) is 24.0 Å². The summed E-state index contributed by atoms with van der Waals surface area (Å²) < 4.78 is 0. The van der Waals surface area contributed by atoms with Crippen LogP contribution in [0.4, 0.5) is 11.4 Å². The van der Waals surface area contributed by atoms with Gasteiger partial charge in [-0.15, -0.1) is 0 Å². The normalized spacial score (nSPS) is 43.9. The predicted molar refractivity (Wildman–Crippen MR) is 208 cm³/mol. The van der Waals surface area contributed by atoms with E-state index < -0.39 is 91.7 Å². The first kappa shape index (κ1) is 35.0. The zero-order valence-electron chi connectivity index (χ0n) is 26.8. The van der Waals surface area contributed by atoms with Crippen molar-refractivity contribution in [2.24, 2.45) is 0 Å². The van der Waals surface area contributed by atoms with Gasteiger partial charge in [0.15, 0.2) is 0 Å². The molecule has 274 valence electrons. The molecule has 14 nitrogen and oxygen atoms in total. The minimum absolute atomic E-state index is 0.486. The Morgan fingerprint density at radius 1 is 0.596 bits per heavy atom. The first-order valence-electron chi connectivity index (χ1n) is 15.9. The quantitative estimate of drug-likeness (QED) is 0.246. The molecule has 0 radical (unpaired) electrons. The zero-order valence-corrected chi connectivity index (χ0v) is 33.4. The molecular formula is C30H28N6O8S8.